The first kappa shape index (κ1) is 11.3. The molecule has 2 atom stereocenters. The highest BCUT2D eigenvalue weighted by atomic mass is 16.5. The van der Waals surface area contributed by atoms with E-state index in [1.54, 1.807) is 12.1 Å². The average molecular weight is 248 g/mol. The van der Waals surface area contributed by atoms with E-state index >= 15 is 0 Å². The summed E-state index contributed by atoms with van der Waals surface area (Å²) in [6.45, 7) is 0.664. The number of ether oxygens (including phenoxy) is 1. The summed E-state index contributed by atoms with van der Waals surface area (Å²) in [5, 5.41) is 15.3. The van der Waals surface area contributed by atoms with Gasteiger partial charge in [-0.15, -0.1) is 14.8 Å². The lowest BCUT2D eigenvalue weighted by atomic mass is 9.86. The van der Waals surface area contributed by atoms with Crippen LogP contribution in [0.1, 0.15) is 25.7 Å². The SMILES string of the molecule is NCC1CCCCC1Oc1ccc2nnnn2n1. The Kier molecular flexibility index (Phi) is 3.06. The van der Waals surface area contributed by atoms with E-state index in [1.165, 1.54) is 17.5 Å². The third-order valence-corrected chi connectivity index (χ3v) is 3.46. The summed E-state index contributed by atoms with van der Waals surface area (Å²) in [5.74, 6) is 0.977. The molecule has 0 radical (unpaired) electrons. The molecule has 0 saturated heterocycles. The lowest BCUT2D eigenvalue weighted by Gasteiger charge is -2.30. The molecule has 96 valence electrons. The van der Waals surface area contributed by atoms with Gasteiger partial charge in [0.25, 0.3) is 0 Å². The number of aromatic nitrogens is 5. The molecule has 0 aromatic carbocycles. The number of nitrogens with zero attached hydrogens (tertiary/aromatic N) is 5. The lowest BCUT2D eigenvalue weighted by Crippen LogP contribution is -2.35. The molecule has 7 nitrogen and oxygen atoms in total. The van der Waals surface area contributed by atoms with E-state index in [9.17, 15) is 0 Å². The molecule has 1 saturated carbocycles. The van der Waals surface area contributed by atoms with Gasteiger partial charge < -0.3 is 10.5 Å². The van der Waals surface area contributed by atoms with Gasteiger partial charge in [0.05, 0.1) is 0 Å². The molecule has 1 aliphatic carbocycles. The second-order valence-electron chi connectivity index (χ2n) is 4.63. The molecule has 18 heavy (non-hydrogen) atoms. The first-order valence-electron chi connectivity index (χ1n) is 6.29. The van der Waals surface area contributed by atoms with Crippen LogP contribution in [0.4, 0.5) is 0 Å². The van der Waals surface area contributed by atoms with Gasteiger partial charge >= 0.3 is 0 Å². The van der Waals surface area contributed by atoms with E-state index in [2.05, 4.69) is 20.6 Å². The molecule has 2 aromatic heterocycles. The van der Waals surface area contributed by atoms with Gasteiger partial charge in [-0.05, 0) is 42.3 Å². The van der Waals surface area contributed by atoms with Crippen LogP contribution < -0.4 is 10.5 Å². The molecule has 7 heteroatoms. The maximum Gasteiger partial charge on any atom is 0.233 e. The van der Waals surface area contributed by atoms with Crippen LogP contribution in [0.5, 0.6) is 5.88 Å². The zero-order valence-electron chi connectivity index (χ0n) is 10.1. The van der Waals surface area contributed by atoms with Crippen molar-refractivity contribution in [1.82, 2.24) is 25.3 Å². The summed E-state index contributed by atoms with van der Waals surface area (Å²) in [7, 11) is 0. The highest BCUT2D eigenvalue weighted by molar-refractivity contribution is 5.34. The number of hydrogen-bond acceptors (Lipinski definition) is 6. The molecule has 2 aromatic rings. The quantitative estimate of drug-likeness (QED) is 0.846. The number of rotatable bonds is 3. The summed E-state index contributed by atoms with van der Waals surface area (Å²) < 4.78 is 7.30. The molecule has 2 heterocycles. The van der Waals surface area contributed by atoms with Crippen LogP contribution in [0.3, 0.4) is 0 Å². The van der Waals surface area contributed by atoms with Crippen LogP contribution in [-0.2, 0) is 0 Å². The Bertz CT molecular complexity index is 527. The Hall–Kier alpha value is -1.76. The van der Waals surface area contributed by atoms with Crippen LogP contribution in [0.2, 0.25) is 0 Å². The Morgan fingerprint density at radius 3 is 3.11 bits per heavy atom. The third kappa shape index (κ3) is 2.13. The monoisotopic (exact) mass is 248 g/mol. The van der Waals surface area contributed by atoms with Crippen molar-refractivity contribution < 1.29 is 4.74 Å². The number of nitrogens with two attached hydrogens (primary N) is 1. The molecule has 0 bridgehead atoms. The van der Waals surface area contributed by atoms with Gasteiger partial charge in [-0.3, -0.25) is 0 Å². The molecule has 0 aliphatic heterocycles. The zero-order chi connectivity index (χ0) is 12.4. The number of fused-ring (bicyclic) bond motifs is 1. The summed E-state index contributed by atoms with van der Waals surface area (Å²) >= 11 is 0. The molecule has 0 amide bonds. The Morgan fingerprint density at radius 1 is 1.33 bits per heavy atom. The maximum atomic E-state index is 5.93. The van der Waals surface area contributed by atoms with Gasteiger partial charge in [-0.25, -0.2) is 0 Å². The van der Waals surface area contributed by atoms with Gasteiger partial charge in [0.1, 0.15) is 6.10 Å². The van der Waals surface area contributed by atoms with Crippen LogP contribution in [0.15, 0.2) is 12.1 Å². The summed E-state index contributed by atoms with van der Waals surface area (Å²) in [5.41, 5.74) is 6.40. The molecule has 0 spiro atoms. The normalized spacial score (nSPS) is 24.3. The van der Waals surface area contributed by atoms with Crippen LogP contribution in [0, 0.1) is 5.92 Å². The lowest BCUT2D eigenvalue weighted by molar-refractivity contribution is 0.0906. The van der Waals surface area contributed by atoms with Gasteiger partial charge in [0, 0.05) is 12.0 Å². The predicted octanol–water partition coefficient (Wildman–Crippen LogP) is 0.416. The van der Waals surface area contributed by atoms with Crippen LogP contribution >= 0.6 is 0 Å². The minimum Gasteiger partial charge on any atom is -0.473 e. The standard InChI is InChI=1S/C11H16N6O/c12-7-8-3-1-2-4-9(8)18-11-6-5-10-13-15-16-17(10)14-11/h5-6,8-9H,1-4,7,12H2. The van der Waals surface area contributed by atoms with E-state index in [1.807, 2.05) is 0 Å². The highest BCUT2D eigenvalue weighted by Crippen LogP contribution is 2.27. The van der Waals surface area contributed by atoms with Crippen molar-refractivity contribution in [2.75, 3.05) is 6.54 Å². The second kappa shape index (κ2) is 4.85. The molecule has 3 rings (SSSR count). The van der Waals surface area contributed by atoms with Crippen molar-refractivity contribution >= 4 is 5.65 Å². The van der Waals surface area contributed by atoms with Crippen molar-refractivity contribution in [2.45, 2.75) is 31.8 Å². The maximum absolute atomic E-state index is 5.93. The molecule has 2 unspecified atom stereocenters. The average Bonchev–Trinajstić information content (AvgIpc) is 2.87. The minimum absolute atomic E-state index is 0.158. The number of tetrazole rings is 1. The largest absolute Gasteiger partial charge is 0.473 e. The first-order valence-corrected chi connectivity index (χ1v) is 6.29. The third-order valence-electron chi connectivity index (χ3n) is 3.46. The van der Waals surface area contributed by atoms with E-state index in [0.29, 0.717) is 24.0 Å². The molecular weight excluding hydrogens is 232 g/mol. The molecule has 2 N–H and O–H groups in total. The Balaban J connectivity index is 1.77. The van der Waals surface area contributed by atoms with Crippen molar-refractivity contribution in [2.24, 2.45) is 11.7 Å². The zero-order valence-corrected chi connectivity index (χ0v) is 10.1. The van der Waals surface area contributed by atoms with Crippen molar-refractivity contribution in [3.63, 3.8) is 0 Å². The van der Waals surface area contributed by atoms with Crippen molar-refractivity contribution in [1.29, 1.82) is 0 Å². The van der Waals surface area contributed by atoms with E-state index < -0.39 is 0 Å². The Morgan fingerprint density at radius 2 is 2.22 bits per heavy atom. The molecule has 1 fully saturated rings. The summed E-state index contributed by atoms with van der Waals surface area (Å²) in [6.07, 6.45) is 4.76. The van der Waals surface area contributed by atoms with Gasteiger partial charge in [-0.1, -0.05) is 6.42 Å². The Labute approximate surface area is 104 Å². The van der Waals surface area contributed by atoms with Crippen molar-refractivity contribution in [3.05, 3.63) is 12.1 Å². The van der Waals surface area contributed by atoms with Gasteiger partial charge in [0.15, 0.2) is 5.65 Å². The molecule has 1 aliphatic rings. The fourth-order valence-corrected chi connectivity index (χ4v) is 2.45. The highest BCUT2D eigenvalue weighted by Gasteiger charge is 2.26. The summed E-state index contributed by atoms with van der Waals surface area (Å²) in [4.78, 5) is 0. The second-order valence-corrected chi connectivity index (χ2v) is 4.63. The first-order chi connectivity index (χ1) is 8.86. The molecular formula is C11H16N6O. The fraction of sp³-hybridized carbons (Fsp3) is 0.636. The van der Waals surface area contributed by atoms with Crippen LogP contribution in [-0.4, -0.2) is 37.9 Å². The topological polar surface area (TPSA) is 91.2 Å². The van der Waals surface area contributed by atoms with Crippen molar-refractivity contribution in [3.8, 4) is 5.88 Å². The summed E-state index contributed by atoms with van der Waals surface area (Å²) in [6, 6.07) is 3.59. The van der Waals surface area contributed by atoms with E-state index in [-0.39, 0.29) is 6.10 Å². The van der Waals surface area contributed by atoms with Gasteiger partial charge in [0.2, 0.25) is 5.88 Å². The predicted molar refractivity (Wildman–Crippen MR) is 64.0 cm³/mol. The van der Waals surface area contributed by atoms with E-state index in [4.69, 9.17) is 10.5 Å². The van der Waals surface area contributed by atoms with Gasteiger partial charge in [-0.2, -0.15) is 0 Å². The van der Waals surface area contributed by atoms with E-state index in [0.717, 1.165) is 12.8 Å². The fourth-order valence-electron chi connectivity index (χ4n) is 2.45. The van der Waals surface area contributed by atoms with Crippen LogP contribution in [0.25, 0.3) is 5.65 Å². The minimum atomic E-state index is 0.158. The number of hydrogen-bond donors (Lipinski definition) is 1. The smallest absolute Gasteiger partial charge is 0.233 e.